The molecule has 0 spiro atoms. The van der Waals surface area contributed by atoms with E-state index in [1.807, 2.05) is 11.8 Å². The second-order valence-electron chi connectivity index (χ2n) is 5.07. The zero-order chi connectivity index (χ0) is 12.3. The molecule has 0 unspecified atom stereocenters. The van der Waals surface area contributed by atoms with Crippen LogP contribution in [-0.4, -0.2) is 34.5 Å². The van der Waals surface area contributed by atoms with Crippen molar-refractivity contribution in [1.29, 1.82) is 0 Å². The molecule has 0 aromatic carbocycles. The van der Waals surface area contributed by atoms with E-state index in [0.717, 1.165) is 30.8 Å². The molecule has 0 atom stereocenters. The van der Waals surface area contributed by atoms with Gasteiger partial charge >= 0.3 is 5.97 Å². The summed E-state index contributed by atoms with van der Waals surface area (Å²) in [6.45, 7) is 0. The van der Waals surface area contributed by atoms with Gasteiger partial charge in [0.1, 0.15) is 0 Å². The SMILES string of the molecule is O=C(CC1(C(=O)O)CCC1)NC1CCSCC1. The molecule has 2 fully saturated rings. The highest BCUT2D eigenvalue weighted by molar-refractivity contribution is 7.99. The fraction of sp³-hybridized carbons (Fsp3) is 0.833. The van der Waals surface area contributed by atoms with Crippen molar-refractivity contribution < 1.29 is 14.7 Å². The van der Waals surface area contributed by atoms with Crippen LogP contribution in [-0.2, 0) is 9.59 Å². The van der Waals surface area contributed by atoms with Gasteiger partial charge in [-0.15, -0.1) is 0 Å². The number of aliphatic carboxylic acids is 1. The van der Waals surface area contributed by atoms with E-state index < -0.39 is 11.4 Å². The molecule has 1 amide bonds. The van der Waals surface area contributed by atoms with E-state index in [1.165, 1.54) is 0 Å². The first-order valence-electron chi connectivity index (χ1n) is 6.23. The van der Waals surface area contributed by atoms with Crippen LogP contribution in [0.1, 0.15) is 38.5 Å². The highest BCUT2D eigenvalue weighted by atomic mass is 32.2. The van der Waals surface area contributed by atoms with Crippen LogP contribution in [0.5, 0.6) is 0 Å². The van der Waals surface area contributed by atoms with Crippen molar-refractivity contribution >= 4 is 23.6 Å². The van der Waals surface area contributed by atoms with Gasteiger partial charge < -0.3 is 10.4 Å². The van der Waals surface area contributed by atoms with E-state index in [0.29, 0.717) is 12.8 Å². The molecule has 0 bridgehead atoms. The number of rotatable bonds is 4. The van der Waals surface area contributed by atoms with Gasteiger partial charge in [-0.2, -0.15) is 11.8 Å². The van der Waals surface area contributed by atoms with Crippen LogP contribution >= 0.6 is 11.8 Å². The number of hydrogen-bond acceptors (Lipinski definition) is 3. The molecule has 0 aromatic rings. The topological polar surface area (TPSA) is 66.4 Å². The molecule has 5 heteroatoms. The van der Waals surface area contributed by atoms with Gasteiger partial charge in [0.2, 0.25) is 5.91 Å². The first kappa shape index (κ1) is 12.7. The molecule has 2 N–H and O–H groups in total. The number of nitrogens with one attached hydrogen (secondary N) is 1. The number of carbonyl (C=O) groups is 2. The summed E-state index contributed by atoms with van der Waals surface area (Å²) < 4.78 is 0. The van der Waals surface area contributed by atoms with E-state index in [4.69, 9.17) is 5.11 Å². The number of carboxylic acids is 1. The van der Waals surface area contributed by atoms with Crippen LogP contribution in [0.15, 0.2) is 0 Å². The van der Waals surface area contributed by atoms with E-state index in [9.17, 15) is 9.59 Å². The van der Waals surface area contributed by atoms with E-state index in [1.54, 1.807) is 0 Å². The summed E-state index contributed by atoms with van der Waals surface area (Å²) in [6, 6.07) is 0.259. The fourth-order valence-electron chi connectivity index (χ4n) is 2.50. The van der Waals surface area contributed by atoms with Crippen molar-refractivity contribution in [1.82, 2.24) is 5.32 Å². The maximum atomic E-state index is 11.8. The Morgan fingerprint density at radius 1 is 1.29 bits per heavy atom. The maximum Gasteiger partial charge on any atom is 0.310 e. The number of carbonyl (C=O) groups excluding carboxylic acids is 1. The lowest BCUT2D eigenvalue weighted by molar-refractivity contribution is -0.157. The quantitative estimate of drug-likeness (QED) is 0.803. The second-order valence-corrected chi connectivity index (χ2v) is 6.29. The standard InChI is InChI=1S/C12H19NO3S/c14-10(13-9-2-6-17-7-3-9)8-12(11(15)16)4-1-5-12/h9H,1-8H2,(H,13,14)(H,15,16). The second kappa shape index (κ2) is 5.29. The lowest BCUT2D eigenvalue weighted by Gasteiger charge is -2.37. The third-order valence-electron chi connectivity index (χ3n) is 3.85. The van der Waals surface area contributed by atoms with Gasteiger partial charge in [0.05, 0.1) is 5.41 Å². The predicted molar refractivity (Wildman–Crippen MR) is 67.0 cm³/mol. The average Bonchev–Trinajstić information content (AvgIpc) is 2.24. The van der Waals surface area contributed by atoms with Crippen molar-refractivity contribution in [3.05, 3.63) is 0 Å². The van der Waals surface area contributed by atoms with Crippen LogP contribution in [0, 0.1) is 5.41 Å². The predicted octanol–water partition coefficient (Wildman–Crippen LogP) is 1.64. The molecule has 1 aliphatic heterocycles. The number of thioether (sulfide) groups is 1. The lowest BCUT2D eigenvalue weighted by Crippen LogP contribution is -2.45. The Morgan fingerprint density at radius 2 is 1.94 bits per heavy atom. The molecule has 96 valence electrons. The minimum atomic E-state index is -0.807. The summed E-state index contributed by atoms with van der Waals surface area (Å²) in [5.74, 6) is 1.30. The maximum absolute atomic E-state index is 11.8. The molecular weight excluding hydrogens is 238 g/mol. The van der Waals surface area contributed by atoms with E-state index >= 15 is 0 Å². The van der Waals surface area contributed by atoms with Gasteiger partial charge in [0.15, 0.2) is 0 Å². The van der Waals surface area contributed by atoms with Gasteiger partial charge in [-0.05, 0) is 37.2 Å². The molecule has 17 heavy (non-hydrogen) atoms. The molecule has 2 aliphatic rings. The molecule has 0 radical (unpaired) electrons. The zero-order valence-corrected chi connectivity index (χ0v) is 10.7. The summed E-state index contributed by atoms with van der Waals surface area (Å²) >= 11 is 1.91. The normalized spacial score (nSPS) is 23.8. The third kappa shape index (κ3) is 2.94. The van der Waals surface area contributed by atoms with Crippen LogP contribution in [0.3, 0.4) is 0 Å². The number of hydrogen-bond donors (Lipinski definition) is 2. The first-order valence-corrected chi connectivity index (χ1v) is 7.38. The van der Waals surface area contributed by atoms with Gasteiger partial charge in [0.25, 0.3) is 0 Å². The van der Waals surface area contributed by atoms with Crippen molar-refractivity contribution in [2.24, 2.45) is 5.41 Å². The molecule has 1 heterocycles. The van der Waals surface area contributed by atoms with Crippen molar-refractivity contribution in [2.75, 3.05) is 11.5 Å². The van der Waals surface area contributed by atoms with Gasteiger partial charge in [-0.3, -0.25) is 9.59 Å². The lowest BCUT2D eigenvalue weighted by atomic mass is 9.66. The summed E-state index contributed by atoms with van der Waals surface area (Å²) in [6.07, 6.45) is 4.41. The zero-order valence-electron chi connectivity index (χ0n) is 9.91. The highest BCUT2D eigenvalue weighted by Crippen LogP contribution is 2.44. The Kier molecular flexibility index (Phi) is 3.97. The monoisotopic (exact) mass is 257 g/mol. The number of amides is 1. The van der Waals surface area contributed by atoms with Crippen molar-refractivity contribution in [2.45, 2.75) is 44.6 Å². The highest BCUT2D eigenvalue weighted by Gasteiger charge is 2.46. The summed E-state index contributed by atoms with van der Waals surface area (Å²) in [7, 11) is 0. The van der Waals surface area contributed by atoms with Gasteiger partial charge in [0, 0.05) is 12.5 Å². The summed E-state index contributed by atoms with van der Waals surface area (Å²) in [5, 5.41) is 12.1. The van der Waals surface area contributed by atoms with Gasteiger partial charge in [-0.25, -0.2) is 0 Å². The van der Waals surface area contributed by atoms with E-state index in [2.05, 4.69) is 5.32 Å². The smallest absolute Gasteiger partial charge is 0.310 e. The Labute approximate surface area is 106 Å². The summed E-state index contributed by atoms with van der Waals surface area (Å²) in [4.78, 5) is 23.0. The van der Waals surface area contributed by atoms with Crippen LogP contribution in [0.4, 0.5) is 0 Å². The molecule has 1 aliphatic carbocycles. The Bertz CT molecular complexity index is 309. The molecule has 1 saturated heterocycles. The first-order chi connectivity index (χ1) is 8.12. The number of carboxylic acid groups (broad SMARTS) is 1. The molecule has 2 rings (SSSR count). The van der Waals surface area contributed by atoms with Gasteiger partial charge in [-0.1, -0.05) is 6.42 Å². The third-order valence-corrected chi connectivity index (χ3v) is 4.90. The average molecular weight is 257 g/mol. The Morgan fingerprint density at radius 3 is 2.41 bits per heavy atom. The molecule has 0 aromatic heterocycles. The Hall–Kier alpha value is -0.710. The molecule has 1 saturated carbocycles. The van der Waals surface area contributed by atoms with Crippen LogP contribution in [0.25, 0.3) is 0 Å². The minimum Gasteiger partial charge on any atom is -0.481 e. The Balaban J connectivity index is 1.81. The largest absolute Gasteiger partial charge is 0.481 e. The molecule has 4 nitrogen and oxygen atoms in total. The van der Waals surface area contributed by atoms with Crippen LogP contribution < -0.4 is 5.32 Å². The van der Waals surface area contributed by atoms with Crippen molar-refractivity contribution in [3.63, 3.8) is 0 Å². The molecular formula is C12H19NO3S. The van der Waals surface area contributed by atoms with E-state index in [-0.39, 0.29) is 18.4 Å². The van der Waals surface area contributed by atoms with Crippen molar-refractivity contribution in [3.8, 4) is 0 Å². The summed E-state index contributed by atoms with van der Waals surface area (Å²) in [5.41, 5.74) is -0.756. The van der Waals surface area contributed by atoms with Crippen LogP contribution in [0.2, 0.25) is 0 Å². The minimum absolute atomic E-state index is 0.0796. The fourth-order valence-corrected chi connectivity index (χ4v) is 3.60.